The summed E-state index contributed by atoms with van der Waals surface area (Å²) in [5.41, 5.74) is 1.32. The molecule has 1 aromatic rings. The maximum atomic E-state index is 5.47. The van der Waals surface area contributed by atoms with Gasteiger partial charge in [-0.3, -0.25) is 0 Å². The summed E-state index contributed by atoms with van der Waals surface area (Å²) in [4.78, 5) is 0. The second-order valence-electron chi connectivity index (χ2n) is 4.05. The van der Waals surface area contributed by atoms with Crippen molar-refractivity contribution in [1.82, 2.24) is 0 Å². The van der Waals surface area contributed by atoms with Crippen molar-refractivity contribution in [1.29, 1.82) is 0 Å². The Morgan fingerprint density at radius 1 is 1.29 bits per heavy atom. The standard InChI is InChI=1S/C13H20Br2OTe/c1-4-5-10-17(14,15)13-9-7-6-8-12(13)11(2)16-3/h6-9,11H,4-5,10H2,1-3H3/t11-/m1/s1. The normalized spacial score (nSPS) is 14.6. The van der Waals surface area contributed by atoms with Crippen molar-refractivity contribution in [2.45, 2.75) is 37.3 Å². The molecule has 0 aliphatic heterocycles. The molecule has 0 saturated carbocycles. The third kappa shape index (κ3) is 4.51. The van der Waals surface area contributed by atoms with E-state index in [4.69, 9.17) is 4.74 Å². The molecule has 0 fully saturated rings. The molecule has 0 spiro atoms. The van der Waals surface area contributed by atoms with Crippen LogP contribution in [-0.4, -0.2) is 20.9 Å². The number of unbranched alkanes of at least 4 members (excludes halogenated alkanes) is 1. The summed E-state index contributed by atoms with van der Waals surface area (Å²) in [5.74, 6) is 0. The zero-order valence-electron chi connectivity index (χ0n) is 10.6. The molecule has 17 heavy (non-hydrogen) atoms. The SMILES string of the molecule is CCCC[Te](Br)(Br)c1ccccc1[C@@H](C)OC. The van der Waals surface area contributed by atoms with Gasteiger partial charge in [-0.1, -0.05) is 0 Å². The molecule has 0 amide bonds. The Kier molecular flexibility index (Phi) is 7.05. The van der Waals surface area contributed by atoms with Gasteiger partial charge in [0.1, 0.15) is 0 Å². The summed E-state index contributed by atoms with van der Waals surface area (Å²) in [6.45, 7) is 4.35. The van der Waals surface area contributed by atoms with Crippen molar-refractivity contribution >= 4 is 42.9 Å². The predicted molar refractivity (Wildman–Crippen MR) is 84.8 cm³/mol. The van der Waals surface area contributed by atoms with Gasteiger partial charge in [-0.2, -0.15) is 0 Å². The Bertz CT molecular complexity index is 355. The quantitative estimate of drug-likeness (QED) is 0.541. The maximum absolute atomic E-state index is 5.47. The Balaban J connectivity index is 3.03. The summed E-state index contributed by atoms with van der Waals surface area (Å²) in [7, 11) is 1.77. The van der Waals surface area contributed by atoms with Gasteiger partial charge < -0.3 is 0 Å². The molecule has 0 aliphatic rings. The van der Waals surface area contributed by atoms with Crippen LogP contribution in [0, 0.1) is 0 Å². The third-order valence-corrected chi connectivity index (χ3v) is 17.0. The third-order valence-electron chi connectivity index (χ3n) is 2.79. The van der Waals surface area contributed by atoms with Crippen LogP contribution in [-0.2, 0) is 4.74 Å². The summed E-state index contributed by atoms with van der Waals surface area (Å²) >= 11 is 5.74. The molecule has 1 aromatic carbocycles. The summed E-state index contributed by atoms with van der Waals surface area (Å²) in [6.07, 6.45) is 2.67. The van der Waals surface area contributed by atoms with Crippen LogP contribution in [0.5, 0.6) is 0 Å². The average Bonchev–Trinajstić information content (AvgIpc) is 2.35. The van der Waals surface area contributed by atoms with Gasteiger partial charge in [0.25, 0.3) is 0 Å². The van der Waals surface area contributed by atoms with Crippen LogP contribution in [0.3, 0.4) is 0 Å². The van der Waals surface area contributed by atoms with Gasteiger partial charge in [0.15, 0.2) is 0 Å². The Labute approximate surface area is 121 Å². The van der Waals surface area contributed by atoms with Crippen LogP contribution >= 0.6 is 25.5 Å². The van der Waals surface area contributed by atoms with E-state index >= 15 is 0 Å². The van der Waals surface area contributed by atoms with Crippen molar-refractivity contribution in [3.05, 3.63) is 29.8 Å². The van der Waals surface area contributed by atoms with Crippen LogP contribution < -0.4 is 3.61 Å². The van der Waals surface area contributed by atoms with Crippen molar-refractivity contribution < 1.29 is 4.74 Å². The molecule has 4 heteroatoms. The second kappa shape index (κ2) is 7.50. The fourth-order valence-corrected chi connectivity index (χ4v) is 13.6. The molecule has 0 aliphatic carbocycles. The number of hydrogen-bond donors (Lipinski definition) is 0. The molecule has 1 atom stereocenters. The van der Waals surface area contributed by atoms with Crippen molar-refractivity contribution in [2.24, 2.45) is 0 Å². The van der Waals surface area contributed by atoms with E-state index in [9.17, 15) is 0 Å². The van der Waals surface area contributed by atoms with Crippen LogP contribution in [0.15, 0.2) is 24.3 Å². The molecule has 0 heterocycles. The fraction of sp³-hybridized carbons (Fsp3) is 0.538. The minimum atomic E-state index is -2.25. The molecule has 0 bridgehead atoms. The average molecular weight is 480 g/mol. The first-order valence-electron chi connectivity index (χ1n) is 5.85. The molecule has 0 aromatic heterocycles. The van der Waals surface area contributed by atoms with E-state index in [2.05, 4.69) is 63.6 Å². The van der Waals surface area contributed by atoms with Crippen LogP contribution in [0.1, 0.15) is 38.4 Å². The monoisotopic (exact) mass is 480 g/mol. The molecular weight excluding hydrogens is 460 g/mol. The van der Waals surface area contributed by atoms with Crippen LogP contribution in [0.25, 0.3) is 0 Å². The van der Waals surface area contributed by atoms with E-state index in [1.54, 1.807) is 7.11 Å². The van der Waals surface area contributed by atoms with Gasteiger partial charge in [-0.25, -0.2) is 0 Å². The first-order valence-corrected chi connectivity index (χ1v) is 19.1. The molecule has 0 unspecified atom stereocenters. The van der Waals surface area contributed by atoms with Gasteiger partial charge in [0.2, 0.25) is 0 Å². The van der Waals surface area contributed by atoms with Gasteiger partial charge in [-0.05, 0) is 0 Å². The zero-order chi connectivity index (χ0) is 12.9. The minimum absolute atomic E-state index is 0.161. The van der Waals surface area contributed by atoms with Crippen molar-refractivity contribution in [3.63, 3.8) is 0 Å². The predicted octanol–water partition coefficient (Wildman–Crippen LogP) is 4.63. The Morgan fingerprint density at radius 2 is 1.94 bits per heavy atom. The Hall–Kier alpha value is 0.930. The van der Waals surface area contributed by atoms with Crippen LogP contribution in [0.4, 0.5) is 0 Å². The number of benzene rings is 1. The summed E-state index contributed by atoms with van der Waals surface area (Å²) < 4.78 is 8.18. The van der Waals surface area contributed by atoms with E-state index in [1.807, 2.05) is 0 Å². The van der Waals surface area contributed by atoms with E-state index in [0.717, 1.165) is 0 Å². The van der Waals surface area contributed by atoms with E-state index < -0.39 is 13.8 Å². The van der Waals surface area contributed by atoms with E-state index in [0.29, 0.717) is 0 Å². The first-order chi connectivity index (χ1) is 8.03. The number of hydrogen-bond acceptors (Lipinski definition) is 1. The summed E-state index contributed by atoms with van der Waals surface area (Å²) in [5, 5.41) is 0. The van der Waals surface area contributed by atoms with E-state index in [1.165, 1.54) is 26.5 Å². The molecular formula is C13H20Br2OTe. The molecule has 0 N–H and O–H groups in total. The van der Waals surface area contributed by atoms with Gasteiger partial charge in [-0.15, -0.1) is 0 Å². The number of ether oxygens (including phenoxy) is 1. The molecule has 0 saturated heterocycles. The van der Waals surface area contributed by atoms with Crippen molar-refractivity contribution in [3.8, 4) is 0 Å². The van der Waals surface area contributed by atoms with Gasteiger partial charge >= 0.3 is 122 Å². The number of halogens is 2. The molecule has 0 radical (unpaired) electrons. The molecule has 1 rings (SSSR count). The summed E-state index contributed by atoms with van der Waals surface area (Å²) in [6, 6.07) is 8.63. The Morgan fingerprint density at radius 3 is 2.53 bits per heavy atom. The van der Waals surface area contributed by atoms with Gasteiger partial charge in [0, 0.05) is 0 Å². The first kappa shape index (κ1) is 16.0. The fourth-order valence-electron chi connectivity index (χ4n) is 1.65. The zero-order valence-corrected chi connectivity index (χ0v) is 16.1. The second-order valence-corrected chi connectivity index (χ2v) is 30.4. The molecule has 98 valence electrons. The van der Waals surface area contributed by atoms with Crippen LogP contribution in [0.2, 0.25) is 4.47 Å². The van der Waals surface area contributed by atoms with Gasteiger partial charge in [0.05, 0.1) is 0 Å². The topological polar surface area (TPSA) is 9.23 Å². The van der Waals surface area contributed by atoms with E-state index in [-0.39, 0.29) is 6.10 Å². The number of rotatable bonds is 6. The van der Waals surface area contributed by atoms with Crippen molar-refractivity contribution in [2.75, 3.05) is 7.11 Å². The number of methoxy groups -OCH3 is 1. The molecule has 1 nitrogen and oxygen atoms in total.